The van der Waals surface area contributed by atoms with Crippen LogP contribution in [-0.2, 0) is 0 Å². The molecule has 0 aromatic rings. The molecule has 0 amide bonds. The second-order valence-corrected chi connectivity index (χ2v) is 5.01. The number of azide groups is 1. The molecule has 0 spiro atoms. The van der Waals surface area contributed by atoms with Crippen LogP contribution in [0.25, 0.3) is 10.4 Å². The van der Waals surface area contributed by atoms with Crippen molar-refractivity contribution in [3.63, 3.8) is 0 Å². The van der Waals surface area contributed by atoms with Gasteiger partial charge in [-0.05, 0) is 18.4 Å². The molecular formula is C12H23N3. The lowest BCUT2D eigenvalue weighted by Gasteiger charge is -2.23. The molecule has 0 aliphatic heterocycles. The third-order valence-electron chi connectivity index (χ3n) is 3.47. The summed E-state index contributed by atoms with van der Waals surface area (Å²) in [5, 5.41) is 4.00. The average Bonchev–Trinajstić information content (AvgIpc) is 2.24. The van der Waals surface area contributed by atoms with Gasteiger partial charge in [-0.15, -0.1) is 0 Å². The molecule has 3 nitrogen and oxygen atoms in total. The molecule has 0 aromatic heterocycles. The number of rotatable bonds is 1. The average molecular weight is 209 g/mol. The fraction of sp³-hybridized carbons (Fsp3) is 1.00. The summed E-state index contributed by atoms with van der Waals surface area (Å²) in [4.78, 5) is 3.01. The molecule has 0 radical (unpaired) electrons. The van der Waals surface area contributed by atoms with Crippen LogP contribution in [0.1, 0.15) is 71.1 Å². The Morgan fingerprint density at radius 2 is 1.27 bits per heavy atom. The van der Waals surface area contributed by atoms with Gasteiger partial charge in [0.15, 0.2) is 0 Å². The van der Waals surface area contributed by atoms with E-state index < -0.39 is 0 Å². The molecule has 0 atom stereocenters. The van der Waals surface area contributed by atoms with Gasteiger partial charge in [-0.25, -0.2) is 0 Å². The lowest BCUT2D eigenvalue weighted by Crippen LogP contribution is -2.20. The molecule has 0 aromatic carbocycles. The van der Waals surface area contributed by atoms with Gasteiger partial charge in [-0.1, -0.05) is 63.4 Å². The second-order valence-electron chi connectivity index (χ2n) is 5.01. The fourth-order valence-corrected chi connectivity index (χ4v) is 2.41. The van der Waals surface area contributed by atoms with Gasteiger partial charge in [0.1, 0.15) is 0 Å². The monoisotopic (exact) mass is 209 g/mol. The SMILES string of the molecule is CC1(N=[N+]=[N-])CCCCCCCCCC1. The first kappa shape index (κ1) is 12.4. The van der Waals surface area contributed by atoms with Crippen molar-refractivity contribution in [2.75, 3.05) is 0 Å². The van der Waals surface area contributed by atoms with Crippen molar-refractivity contribution >= 4 is 0 Å². The summed E-state index contributed by atoms with van der Waals surface area (Å²) >= 11 is 0. The summed E-state index contributed by atoms with van der Waals surface area (Å²) in [6.45, 7) is 2.12. The predicted molar refractivity (Wildman–Crippen MR) is 63.7 cm³/mol. The molecular weight excluding hydrogens is 186 g/mol. The molecule has 0 N–H and O–H groups in total. The maximum Gasteiger partial charge on any atom is 0.0460 e. The second kappa shape index (κ2) is 6.73. The summed E-state index contributed by atoms with van der Waals surface area (Å²) in [5.74, 6) is 0. The molecule has 15 heavy (non-hydrogen) atoms. The van der Waals surface area contributed by atoms with Crippen molar-refractivity contribution in [2.45, 2.75) is 76.7 Å². The van der Waals surface area contributed by atoms with E-state index in [2.05, 4.69) is 16.9 Å². The van der Waals surface area contributed by atoms with E-state index in [1.807, 2.05) is 0 Å². The van der Waals surface area contributed by atoms with Gasteiger partial charge in [0.05, 0.1) is 0 Å². The molecule has 1 rings (SSSR count). The Hall–Kier alpha value is -0.690. The number of hydrogen-bond donors (Lipinski definition) is 0. The minimum Gasteiger partial charge on any atom is -0.0876 e. The van der Waals surface area contributed by atoms with Crippen LogP contribution in [0.2, 0.25) is 0 Å². The molecule has 1 fully saturated rings. The van der Waals surface area contributed by atoms with Crippen molar-refractivity contribution in [1.29, 1.82) is 0 Å². The zero-order valence-electron chi connectivity index (χ0n) is 9.91. The van der Waals surface area contributed by atoms with Gasteiger partial charge in [0.2, 0.25) is 0 Å². The molecule has 1 aliphatic carbocycles. The van der Waals surface area contributed by atoms with Gasteiger partial charge in [0, 0.05) is 10.5 Å². The van der Waals surface area contributed by atoms with Crippen LogP contribution in [0, 0.1) is 0 Å². The van der Waals surface area contributed by atoms with E-state index >= 15 is 0 Å². The molecule has 0 bridgehead atoms. The maximum absolute atomic E-state index is 8.59. The predicted octanol–water partition coefficient (Wildman–Crippen LogP) is 4.97. The van der Waals surface area contributed by atoms with E-state index in [0.717, 1.165) is 12.8 Å². The summed E-state index contributed by atoms with van der Waals surface area (Å²) in [7, 11) is 0. The zero-order valence-corrected chi connectivity index (χ0v) is 9.91. The minimum atomic E-state index is -0.112. The Morgan fingerprint density at radius 1 is 0.867 bits per heavy atom. The van der Waals surface area contributed by atoms with Crippen molar-refractivity contribution in [1.82, 2.24) is 0 Å². The lowest BCUT2D eigenvalue weighted by atomic mass is 9.90. The van der Waals surface area contributed by atoms with Crippen LogP contribution in [0.3, 0.4) is 0 Å². The molecule has 86 valence electrons. The first-order chi connectivity index (χ1) is 7.27. The number of nitrogens with zero attached hydrogens (tertiary/aromatic N) is 3. The zero-order chi connectivity index (χ0) is 11.0. The maximum atomic E-state index is 8.59. The molecule has 3 heteroatoms. The van der Waals surface area contributed by atoms with Crippen molar-refractivity contribution in [3.05, 3.63) is 10.4 Å². The van der Waals surface area contributed by atoms with Gasteiger partial charge in [-0.3, -0.25) is 0 Å². The highest BCUT2D eigenvalue weighted by molar-refractivity contribution is 4.83. The van der Waals surface area contributed by atoms with Crippen LogP contribution in [0.5, 0.6) is 0 Å². The van der Waals surface area contributed by atoms with E-state index in [4.69, 9.17) is 5.53 Å². The lowest BCUT2D eigenvalue weighted by molar-refractivity contribution is 0.370. The Bertz CT molecular complexity index is 207. The van der Waals surface area contributed by atoms with Crippen LogP contribution < -0.4 is 0 Å². The van der Waals surface area contributed by atoms with Gasteiger partial charge in [0.25, 0.3) is 0 Å². The summed E-state index contributed by atoms with van der Waals surface area (Å²) in [6.07, 6.45) is 12.7. The van der Waals surface area contributed by atoms with E-state index in [9.17, 15) is 0 Å². The van der Waals surface area contributed by atoms with E-state index in [1.54, 1.807) is 0 Å². The summed E-state index contributed by atoms with van der Waals surface area (Å²) in [5.41, 5.74) is 8.47. The molecule has 0 unspecified atom stereocenters. The summed E-state index contributed by atoms with van der Waals surface area (Å²) < 4.78 is 0. The first-order valence-electron chi connectivity index (χ1n) is 6.33. The Kier molecular flexibility index (Phi) is 5.56. The molecule has 1 aliphatic rings. The minimum absolute atomic E-state index is 0.112. The van der Waals surface area contributed by atoms with Crippen LogP contribution in [-0.4, -0.2) is 5.54 Å². The highest BCUT2D eigenvalue weighted by atomic mass is 15.2. The van der Waals surface area contributed by atoms with Crippen LogP contribution in [0.15, 0.2) is 5.11 Å². The Morgan fingerprint density at radius 3 is 1.67 bits per heavy atom. The van der Waals surface area contributed by atoms with Crippen molar-refractivity contribution in [3.8, 4) is 0 Å². The standard InChI is InChI=1S/C12H23N3/c1-12(14-15-13)10-8-6-4-2-3-5-7-9-11-12/h2-11H2,1H3. The Balaban J connectivity index is 2.48. The summed E-state index contributed by atoms with van der Waals surface area (Å²) in [6, 6.07) is 0. The van der Waals surface area contributed by atoms with Crippen molar-refractivity contribution < 1.29 is 0 Å². The van der Waals surface area contributed by atoms with E-state index in [-0.39, 0.29) is 5.54 Å². The van der Waals surface area contributed by atoms with Crippen molar-refractivity contribution in [2.24, 2.45) is 5.11 Å². The molecule has 1 saturated carbocycles. The van der Waals surface area contributed by atoms with Crippen LogP contribution >= 0.6 is 0 Å². The quantitative estimate of drug-likeness (QED) is 0.332. The normalized spacial score (nSPS) is 23.5. The smallest absolute Gasteiger partial charge is 0.0460 e. The van der Waals surface area contributed by atoms with Gasteiger partial charge >= 0.3 is 0 Å². The van der Waals surface area contributed by atoms with Crippen LogP contribution in [0.4, 0.5) is 0 Å². The molecule has 0 saturated heterocycles. The third-order valence-corrected chi connectivity index (χ3v) is 3.47. The number of hydrogen-bond acceptors (Lipinski definition) is 1. The van der Waals surface area contributed by atoms with Gasteiger partial charge in [-0.2, -0.15) is 0 Å². The molecule has 0 heterocycles. The topological polar surface area (TPSA) is 48.8 Å². The largest absolute Gasteiger partial charge is 0.0876 e. The first-order valence-corrected chi connectivity index (χ1v) is 6.33. The highest BCUT2D eigenvalue weighted by Crippen LogP contribution is 2.28. The highest BCUT2D eigenvalue weighted by Gasteiger charge is 2.21. The fourth-order valence-electron chi connectivity index (χ4n) is 2.41. The van der Waals surface area contributed by atoms with E-state index in [1.165, 1.54) is 51.4 Å². The van der Waals surface area contributed by atoms with Gasteiger partial charge < -0.3 is 0 Å². The Labute approximate surface area is 92.9 Å². The van der Waals surface area contributed by atoms with E-state index in [0.29, 0.717) is 0 Å². The third kappa shape index (κ3) is 5.08.